The van der Waals surface area contributed by atoms with Crippen LogP contribution in [0.1, 0.15) is 16.7 Å². The molecule has 1 aliphatic heterocycles. The Kier molecular flexibility index (Phi) is 5.01. The number of nitrogens with zero attached hydrogens (tertiary/aromatic N) is 1. The molecule has 2 amide bonds. The summed E-state index contributed by atoms with van der Waals surface area (Å²) in [5, 5.41) is 14.3. The number of carbonyl (C=O) groups is 2. The van der Waals surface area contributed by atoms with Gasteiger partial charge in [0.1, 0.15) is 12.3 Å². The van der Waals surface area contributed by atoms with Crippen LogP contribution < -0.4 is 15.0 Å². The van der Waals surface area contributed by atoms with E-state index in [4.69, 9.17) is 4.74 Å². The van der Waals surface area contributed by atoms with Crippen LogP contribution in [0.2, 0.25) is 0 Å². The van der Waals surface area contributed by atoms with Crippen LogP contribution >= 0.6 is 0 Å². The van der Waals surface area contributed by atoms with Crippen LogP contribution in [-0.2, 0) is 15.2 Å². The highest BCUT2D eigenvalue weighted by Gasteiger charge is 2.51. The highest BCUT2D eigenvalue weighted by molar-refractivity contribution is 6.12. The van der Waals surface area contributed by atoms with Crippen molar-refractivity contribution in [2.75, 3.05) is 23.9 Å². The summed E-state index contributed by atoms with van der Waals surface area (Å²) in [6, 6.07) is 21.2. The number of hydrogen-bond donors (Lipinski definition) is 2. The maximum Gasteiger partial charge on any atom is 0.268 e. The molecule has 0 saturated heterocycles. The van der Waals surface area contributed by atoms with E-state index in [0.717, 1.165) is 5.56 Å². The van der Waals surface area contributed by atoms with Crippen molar-refractivity contribution >= 4 is 23.2 Å². The molecule has 1 heterocycles. The summed E-state index contributed by atoms with van der Waals surface area (Å²) in [6.07, 6.45) is 0. The number of fused-ring (bicyclic) bond motifs is 1. The molecule has 0 aromatic heterocycles. The molecule has 0 spiro atoms. The van der Waals surface area contributed by atoms with Crippen molar-refractivity contribution < 1.29 is 19.4 Å². The number of rotatable bonds is 5. The first-order valence-electron chi connectivity index (χ1n) is 9.59. The maximum atomic E-state index is 13.4. The lowest BCUT2D eigenvalue weighted by Crippen LogP contribution is -2.44. The van der Waals surface area contributed by atoms with Crippen molar-refractivity contribution in [3.63, 3.8) is 0 Å². The van der Waals surface area contributed by atoms with E-state index in [1.807, 2.05) is 19.1 Å². The van der Waals surface area contributed by atoms with Gasteiger partial charge in [0.2, 0.25) is 5.91 Å². The Bertz CT molecular complexity index is 1110. The molecule has 0 aliphatic carbocycles. The molecule has 152 valence electrons. The molecule has 3 aromatic carbocycles. The zero-order chi connectivity index (χ0) is 21.3. The molecule has 0 fully saturated rings. The van der Waals surface area contributed by atoms with Gasteiger partial charge in [-0.3, -0.25) is 14.5 Å². The molecular formula is C24H22N2O4. The quantitative estimate of drug-likeness (QED) is 0.687. The second-order valence-corrected chi connectivity index (χ2v) is 7.23. The SMILES string of the molecule is COc1ccccc1NC(=O)CN1C(=O)[C@@](O)(c2ccc(C)cc2)c2ccccc21. The predicted octanol–water partition coefficient (Wildman–Crippen LogP) is 3.22. The van der Waals surface area contributed by atoms with E-state index in [-0.39, 0.29) is 6.54 Å². The van der Waals surface area contributed by atoms with Crippen molar-refractivity contribution in [3.8, 4) is 5.75 Å². The first-order chi connectivity index (χ1) is 14.4. The number of methoxy groups -OCH3 is 1. The highest BCUT2D eigenvalue weighted by atomic mass is 16.5. The molecule has 1 atom stereocenters. The van der Waals surface area contributed by atoms with Crippen LogP contribution in [0.3, 0.4) is 0 Å². The molecule has 0 bridgehead atoms. The maximum absolute atomic E-state index is 13.4. The molecule has 30 heavy (non-hydrogen) atoms. The van der Waals surface area contributed by atoms with E-state index in [1.165, 1.54) is 12.0 Å². The molecule has 1 aliphatic rings. The van der Waals surface area contributed by atoms with Gasteiger partial charge in [-0.05, 0) is 30.7 Å². The Hall–Kier alpha value is -3.64. The molecule has 0 unspecified atom stereocenters. The second-order valence-electron chi connectivity index (χ2n) is 7.23. The number of ether oxygens (including phenoxy) is 1. The number of para-hydroxylation sites is 3. The van der Waals surface area contributed by atoms with Crippen molar-refractivity contribution in [1.82, 2.24) is 0 Å². The number of aryl methyl sites for hydroxylation is 1. The number of benzene rings is 3. The standard InChI is InChI=1S/C24H22N2O4/c1-16-11-13-17(14-12-16)24(29)18-7-3-5-9-20(18)26(23(24)28)15-22(27)25-19-8-4-6-10-21(19)30-2/h3-14,29H,15H2,1-2H3,(H,25,27)/t24-/m1/s1. The van der Waals surface area contributed by atoms with Gasteiger partial charge in [0.25, 0.3) is 5.91 Å². The molecular weight excluding hydrogens is 380 g/mol. The van der Waals surface area contributed by atoms with Gasteiger partial charge >= 0.3 is 0 Å². The van der Waals surface area contributed by atoms with E-state index in [0.29, 0.717) is 28.3 Å². The molecule has 6 heteroatoms. The number of aliphatic hydroxyl groups is 1. The van der Waals surface area contributed by atoms with Crippen LogP contribution in [0, 0.1) is 6.92 Å². The van der Waals surface area contributed by atoms with Crippen molar-refractivity contribution in [1.29, 1.82) is 0 Å². The lowest BCUT2D eigenvalue weighted by Gasteiger charge is -2.23. The zero-order valence-electron chi connectivity index (χ0n) is 16.8. The Morgan fingerprint density at radius 1 is 1.03 bits per heavy atom. The fraction of sp³-hybridized carbons (Fsp3) is 0.167. The Morgan fingerprint density at radius 3 is 2.43 bits per heavy atom. The van der Waals surface area contributed by atoms with Gasteiger partial charge < -0.3 is 15.2 Å². The summed E-state index contributed by atoms with van der Waals surface area (Å²) in [5.74, 6) is -0.423. The van der Waals surface area contributed by atoms with Crippen molar-refractivity contribution in [3.05, 3.63) is 89.5 Å². The Balaban J connectivity index is 1.65. The third-order valence-electron chi connectivity index (χ3n) is 5.29. The fourth-order valence-corrected chi connectivity index (χ4v) is 3.75. The van der Waals surface area contributed by atoms with Gasteiger partial charge in [-0.1, -0.05) is 60.2 Å². The van der Waals surface area contributed by atoms with Gasteiger partial charge in [-0.25, -0.2) is 0 Å². The van der Waals surface area contributed by atoms with Crippen molar-refractivity contribution in [2.45, 2.75) is 12.5 Å². The second kappa shape index (κ2) is 7.65. The number of carbonyl (C=O) groups excluding carboxylic acids is 2. The molecule has 0 radical (unpaired) electrons. The summed E-state index contributed by atoms with van der Waals surface area (Å²) in [4.78, 5) is 27.4. The molecule has 2 N–H and O–H groups in total. The largest absolute Gasteiger partial charge is 0.495 e. The van der Waals surface area contributed by atoms with Crippen LogP contribution in [0.25, 0.3) is 0 Å². The van der Waals surface area contributed by atoms with E-state index in [9.17, 15) is 14.7 Å². The summed E-state index contributed by atoms with van der Waals surface area (Å²) >= 11 is 0. The van der Waals surface area contributed by atoms with Crippen LogP contribution in [-0.4, -0.2) is 30.6 Å². The number of anilines is 2. The summed E-state index contributed by atoms with van der Waals surface area (Å²) in [6.45, 7) is 1.70. The number of hydrogen-bond acceptors (Lipinski definition) is 4. The molecule has 0 saturated carbocycles. The monoisotopic (exact) mass is 402 g/mol. The first-order valence-corrected chi connectivity index (χ1v) is 9.59. The molecule has 6 nitrogen and oxygen atoms in total. The van der Waals surface area contributed by atoms with Crippen LogP contribution in [0.5, 0.6) is 5.75 Å². The topological polar surface area (TPSA) is 78.9 Å². The average Bonchev–Trinajstić information content (AvgIpc) is 2.97. The molecule has 3 aromatic rings. The van der Waals surface area contributed by atoms with Crippen LogP contribution in [0.4, 0.5) is 11.4 Å². The normalized spacial score (nSPS) is 17.6. The Labute approximate surface area is 174 Å². The third kappa shape index (κ3) is 3.21. The minimum absolute atomic E-state index is 0.234. The van der Waals surface area contributed by atoms with Crippen molar-refractivity contribution in [2.24, 2.45) is 0 Å². The Morgan fingerprint density at radius 2 is 1.70 bits per heavy atom. The number of nitrogens with one attached hydrogen (secondary N) is 1. The third-order valence-corrected chi connectivity index (χ3v) is 5.29. The van der Waals surface area contributed by atoms with Gasteiger partial charge in [-0.15, -0.1) is 0 Å². The first kappa shape index (κ1) is 19.7. The fourth-order valence-electron chi connectivity index (χ4n) is 3.75. The zero-order valence-corrected chi connectivity index (χ0v) is 16.8. The highest BCUT2D eigenvalue weighted by Crippen LogP contribution is 2.44. The lowest BCUT2D eigenvalue weighted by atomic mass is 9.87. The lowest BCUT2D eigenvalue weighted by molar-refractivity contribution is -0.133. The molecule has 4 rings (SSSR count). The van der Waals surface area contributed by atoms with E-state index in [2.05, 4.69) is 5.32 Å². The van der Waals surface area contributed by atoms with Crippen LogP contribution in [0.15, 0.2) is 72.8 Å². The van der Waals surface area contributed by atoms with E-state index in [1.54, 1.807) is 60.7 Å². The summed E-state index contributed by atoms with van der Waals surface area (Å²) in [5.41, 5.74) is 1.14. The predicted molar refractivity (Wildman–Crippen MR) is 115 cm³/mol. The summed E-state index contributed by atoms with van der Waals surface area (Å²) in [7, 11) is 1.52. The van der Waals surface area contributed by atoms with Gasteiger partial charge in [0.05, 0.1) is 18.5 Å². The minimum Gasteiger partial charge on any atom is -0.495 e. The average molecular weight is 402 g/mol. The number of amides is 2. The van der Waals surface area contributed by atoms with E-state index < -0.39 is 17.4 Å². The van der Waals surface area contributed by atoms with Gasteiger partial charge in [0.15, 0.2) is 5.60 Å². The smallest absolute Gasteiger partial charge is 0.268 e. The van der Waals surface area contributed by atoms with E-state index >= 15 is 0 Å². The van der Waals surface area contributed by atoms with Gasteiger partial charge in [-0.2, -0.15) is 0 Å². The minimum atomic E-state index is -1.84. The summed E-state index contributed by atoms with van der Waals surface area (Å²) < 4.78 is 5.26. The van der Waals surface area contributed by atoms with Gasteiger partial charge in [0, 0.05) is 5.56 Å².